The number of nitrogens with zero attached hydrogens (tertiary/aromatic N) is 1. The Morgan fingerprint density at radius 1 is 1.39 bits per heavy atom. The van der Waals surface area contributed by atoms with Gasteiger partial charge in [-0.25, -0.2) is 0 Å². The van der Waals surface area contributed by atoms with Crippen molar-refractivity contribution in [1.82, 2.24) is 5.32 Å². The number of nitrogens with one attached hydrogen (secondary N) is 1. The van der Waals surface area contributed by atoms with Gasteiger partial charge in [-0.05, 0) is 49.9 Å². The van der Waals surface area contributed by atoms with E-state index in [1.165, 1.54) is 29.0 Å². The Kier molecular flexibility index (Phi) is 6.58. The fourth-order valence-corrected chi connectivity index (χ4v) is 3.04. The highest BCUT2D eigenvalue weighted by atomic mass is 32.2. The Labute approximate surface area is 116 Å². The van der Waals surface area contributed by atoms with Gasteiger partial charge in [0.2, 0.25) is 0 Å². The normalized spacial score (nSPS) is 12.5. The van der Waals surface area contributed by atoms with Crippen molar-refractivity contribution in [2.75, 3.05) is 31.0 Å². The molecule has 1 N–H and O–H groups in total. The van der Waals surface area contributed by atoms with Crippen LogP contribution in [0.1, 0.15) is 24.5 Å². The summed E-state index contributed by atoms with van der Waals surface area (Å²) < 4.78 is 0. The van der Waals surface area contributed by atoms with E-state index in [4.69, 9.17) is 0 Å². The Bertz CT molecular complexity index is 366. The molecule has 0 aliphatic rings. The molecule has 0 amide bonds. The summed E-state index contributed by atoms with van der Waals surface area (Å²) in [5.41, 5.74) is 4.08. The molecule has 0 bridgehead atoms. The zero-order valence-corrected chi connectivity index (χ0v) is 13.1. The van der Waals surface area contributed by atoms with Crippen LogP contribution in [-0.4, -0.2) is 32.1 Å². The summed E-state index contributed by atoms with van der Waals surface area (Å²) in [6.45, 7) is 5.40. The molecule has 0 spiro atoms. The minimum atomic E-state index is 0.620. The van der Waals surface area contributed by atoms with Crippen molar-refractivity contribution in [2.45, 2.75) is 32.9 Å². The predicted octanol–water partition coefficient (Wildman–Crippen LogP) is 3.29. The number of hydrogen-bond donors (Lipinski definition) is 1. The van der Waals surface area contributed by atoms with E-state index in [-0.39, 0.29) is 0 Å². The van der Waals surface area contributed by atoms with Gasteiger partial charge in [0, 0.05) is 31.1 Å². The largest absolute Gasteiger partial charge is 0.371 e. The van der Waals surface area contributed by atoms with Crippen molar-refractivity contribution in [3.63, 3.8) is 0 Å². The van der Waals surface area contributed by atoms with Crippen molar-refractivity contribution in [2.24, 2.45) is 0 Å². The molecule has 18 heavy (non-hydrogen) atoms. The first-order valence-corrected chi connectivity index (χ1v) is 7.99. The molecule has 0 heterocycles. The summed E-state index contributed by atoms with van der Waals surface area (Å²) in [5.74, 6) is 1.18. The second-order valence-corrected chi connectivity index (χ2v) is 5.68. The molecule has 1 unspecified atom stereocenters. The highest BCUT2D eigenvalue weighted by Crippen LogP contribution is 2.22. The summed E-state index contributed by atoms with van der Waals surface area (Å²) >= 11 is 1.92. The van der Waals surface area contributed by atoms with E-state index < -0.39 is 0 Å². The summed E-state index contributed by atoms with van der Waals surface area (Å²) in [5, 5.41) is 3.21. The second kappa shape index (κ2) is 7.70. The second-order valence-electron chi connectivity index (χ2n) is 4.77. The van der Waals surface area contributed by atoms with Crippen LogP contribution in [0.5, 0.6) is 0 Å². The molecule has 1 aromatic carbocycles. The van der Waals surface area contributed by atoms with Crippen LogP contribution in [0.2, 0.25) is 0 Å². The van der Waals surface area contributed by atoms with Crippen LogP contribution in [-0.2, 0) is 6.54 Å². The quantitative estimate of drug-likeness (QED) is 0.815. The van der Waals surface area contributed by atoms with Gasteiger partial charge in [-0.15, -0.1) is 0 Å². The zero-order chi connectivity index (χ0) is 13.5. The van der Waals surface area contributed by atoms with Crippen molar-refractivity contribution >= 4 is 17.4 Å². The standard InChI is InChI=1S/C15H26N2S/c1-6-14(11-18-5)17(4)15-8-7-13(10-16-3)12(2)9-15/h7-9,14,16H,6,10-11H2,1-5H3. The number of anilines is 1. The van der Waals surface area contributed by atoms with Crippen LogP contribution in [0.15, 0.2) is 18.2 Å². The van der Waals surface area contributed by atoms with E-state index in [0.29, 0.717) is 6.04 Å². The van der Waals surface area contributed by atoms with Gasteiger partial charge < -0.3 is 10.2 Å². The Morgan fingerprint density at radius 3 is 2.61 bits per heavy atom. The summed E-state index contributed by atoms with van der Waals surface area (Å²) in [4.78, 5) is 2.41. The lowest BCUT2D eigenvalue weighted by Crippen LogP contribution is -2.33. The van der Waals surface area contributed by atoms with Crippen LogP contribution < -0.4 is 10.2 Å². The number of benzene rings is 1. The van der Waals surface area contributed by atoms with Crippen LogP contribution in [0.4, 0.5) is 5.69 Å². The number of rotatable bonds is 7. The van der Waals surface area contributed by atoms with Crippen LogP contribution in [0, 0.1) is 6.92 Å². The maximum absolute atomic E-state index is 3.21. The Balaban J connectivity index is 2.85. The van der Waals surface area contributed by atoms with Gasteiger partial charge in [0.25, 0.3) is 0 Å². The predicted molar refractivity (Wildman–Crippen MR) is 84.8 cm³/mol. The van der Waals surface area contributed by atoms with Gasteiger partial charge in [-0.1, -0.05) is 13.0 Å². The summed E-state index contributed by atoms with van der Waals surface area (Å²) in [6, 6.07) is 7.40. The molecule has 0 saturated heterocycles. The molecule has 2 nitrogen and oxygen atoms in total. The van der Waals surface area contributed by atoms with E-state index in [1.54, 1.807) is 0 Å². The van der Waals surface area contributed by atoms with Gasteiger partial charge in [0.05, 0.1) is 0 Å². The molecular weight excluding hydrogens is 240 g/mol. The molecule has 102 valence electrons. The third kappa shape index (κ3) is 3.92. The zero-order valence-electron chi connectivity index (χ0n) is 12.3. The van der Waals surface area contributed by atoms with Gasteiger partial charge in [0.15, 0.2) is 0 Å². The first kappa shape index (κ1) is 15.4. The summed E-state index contributed by atoms with van der Waals surface area (Å²) in [6.07, 6.45) is 3.37. The van der Waals surface area contributed by atoms with Crippen molar-refractivity contribution < 1.29 is 0 Å². The van der Waals surface area contributed by atoms with E-state index in [1.807, 2.05) is 18.8 Å². The van der Waals surface area contributed by atoms with Crippen molar-refractivity contribution in [3.8, 4) is 0 Å². The molecule has 1 aromatic rings. The van der Waals surface area contributed by atoms with Crippen molar-refractivity contribution in [1.29, 1.82) is 0 Å². The minimum Gasteiger partial charge on any atom is -0.371 e. The van der Waals surface area contributed by atoms with Crippen LogP contribution >= 0.6 is 11.8 Å². The topological polar surface area (TPSA) is 15.3 Å². The average molecular weight is 266 g/mol. The molecular formula is C15H26N2S. The summed E-state index contributed by atoms with van der Waals surface area (Å²) in [7, 11) is 4.20. The van der Waals surface area contributed by atoms with Crippen LogP contribution in [0.25, 0.3) is 0 Å². The fraction of sp³-hybridized carbons (Fsp3) is 0.600. The lowest BCUT2D eigenvalue weighted by Gasteiger charge is -2.29. The van der Waals surface area contributed by atoms with Gasteiger partial charge >= 0.3 is 0 Å². The SMILES string of the molecule is CCC(CSC)N(C)c1ccc(CNC)c(C)c1. The maximum Gasteiger partial charge on any atom is 0.0374 e. The number of thioether (sulfide) groups is 1. The Hall–Kier alpha value is -0.670. The molecule has 0 aromatic heterocycles. The third-order valence-corrected chi connectivity index (χ3v) is 4.20. The molecule has 1 atom stereocenters. The van der Waals surface area contributed by atoms with Crippen LogP contribution in [0.3, 0.4) is 0 Å². The number of hydrogen-bond acceptors (Lipinski definition) is 3. The smallest absolute Gasteiger partial charge is 0.0374 e. The molecule has 0 aliphatic carbocycles. The highest BCUT2D eigenvalue weighted by Gasteiger charge is 2.13. The van der Waals surface area contributed by atoms with E-state index in [2.05, 4.69) is 55.6 Å². The fourth-order valence-electron chi connectivity index (χ4n) is 2.19. The highest BCUT2D eigenvalue weighted by molar-refractivity contribution is 7.98. The Morgan fingerprint density at radius 2 is 2.11 bits per heavy atom. The molecule has 1 rings (SSSR count). The first-order chi connectivity index (χ1) is 8.63. The number of aryl methyl sites for hydroxylation is 1. The minimum absolute atomic E-state index is 0.620. The first-order valence-electron chi connectivity index (χ1n) is 6.59. The van der Waals surface area contributed by atoms with E-state index in [0.717, 1.165) is 6.54 Å². The van der Waals surface area contributed by atoms with E-state index >= 15 is 0 Å². The lowest BCUT2D eigenvalue weighted by atomic mass is 10.1. The van der Waals surface area contributed by atoms with Gasteiger partial charge in [-0.3, -0.25) is 0 Å². The van der Waals surface area contributed by atoms with E-state index in [9.17, 15) is 0 Å². The lowest BCUT2D eigenvalue weighted by molar-refractivity contribution is 0.672. The van der Waals surface area contributed by atoms with Gasteiger partial charge in [-0.2, -0.15) is 11.8 Å². The molecule has 0 saturated carbocycles. The monoisotopic (exact) mass is 266 g/mol. The maximum atomic E-state index is 3.21. The van der Waals surface area contributed by atoms with Gasteiger partial charge in [0.1, 0.15) is 0 Å². The average Bonchev–Trinajstić information content (AvgIpc) is 2.37. The molecule has 0 radical (unpaired) electrons. The van der Waals surface area contributed by atoms with Crippen molar-refractivity contribution in [3.05, 3.63) is 29.3 Å². The molecule has 3 heteroatoms. The molecule has 0 aliphatic heterocycles. The third-order valence-electron chi connectivity index (χ3n) is 3.48. The molecule has 0 fully saturated rings.